The van der Waals surface area contributed by atoms with Crippen molar-refractivity contribution in [2.45, 2.75) is 27.3 Å². The fraction of sp³-hybridized carbons (Fsp3) is 0.643. The Morgan fingerprint density at radius 1 is 1.29 bits per heavy atom. The number of nitrogens with one attached hydrogen (secondary N) is 1. The topological polar surface area (TPSA) is 28.2 Å². The lowest BCUT2D eigenvalue weighted by atomic mass is 10.0. The van der Waals surface area contributed by atoms with Crippen LogP contribution in [0.4, 0.5) is 5.82 Å². The first kappa shape index (κ1) is 12.4. The summed E-state index contributed by atoms with van der Waals surface area (Å²) < 4.78 is 0. The predicted octanol–water partition coefficient (Wildman–Crippen LogP) is 2.60. The molecular formula is C14H23N3. The van der Waals surface area contributed by atoms with Gasteiger partial charge in [0.05, 0.1) is 0 Å². The minimum absolute atomic E-state index is 0.823. The van der Waals surface area contributed by atoms with E-state index >= 15 is 0 Å². The Kier molecular flexibility index (Phi) is 4.00. The second kappa shape index (κ2) is 5.50. The van der Waals surface area contributed by atoms with Crippen molar-refractivity contribution < 1.29 is 0 Å². The van der Waals surface area contributed by atoms with Crippen LogP contribution in [0.2, 0.25) is 0 Å². The lowest BCUT2D eigenvalue weighted by molar-refractivity contribution is 0.316. The summed E-state index contributed by atoms with van der Waals surface area (Å²) in [7, 11) is 0. The summed E-state index contributed by atoms with van der Waals surface area (Å²) in [5.41, 5.74) is 1.31. The molecule has 2 heterocycles. The molecule has 1 aliphatic heterocycles. The van der Waals surface area contributed by atoms with E-state index < -0.39 is 0 Å². The van der Waals surface area contributed by atoms with Gasteiger partial charge in [-0.25, -0.2) is 4.98 Å². The van der Waals surface area contributed by atoms with Crippen LogP contribution in [0.15, 0.2) is 18.3 Å². The molecule has 1 aromatic rings. The molecule has 0 spiro atoms. The van der Waals surface area contributed by atoms with Crippen LogP contribution in [0.1, 0.15) is 26.3 Å². The van der Waals surface area contributed by atoms with E-state index in [1.165, 1.54) is 18.7 Å². The van der Waals surface area contributed by atoms with Crippen molar-refractivity contribution in [3.05, 3.63) is 23.9 Å². The van der Waals surface area contributed by atoms with E-state index in [2.05, 4.69) is 48.1 Å². The molecule has 3 heteroatoms. The fourth-order valence-electron chi connectivity index (χ4n) is 2.44. The molecule has 0 radical (unpaired) electrons. The minimum Gasteiger partial charge on any atom is -0.370 e. The van der Waals surface area contributed by atoms with E-state index in [0.29, 0.717) is 0 Å². The van der Waals surface area contributed by atoms with Crippen LogP contribution in [0, 0.1) is 11.8 Å². The molecule has 2 atom stereocenters. The number of anilines is 1. The van der Waals surface area contributed by atoms with Crippen molar-refractivity contribution in [2.75, 3.05) is 25.0 Å². The zero-order valence-electron chi connectivity index (χ0n) is 11.1. The molecule has 1 fully saturated rings. The first-order valence-corrected chi connectivity index (χ1v) is 6.60. The summed E-state index contributed by atoms with van der Waals surface area (Å²) in [4.78, 5) is 6.94. The highest BCUT2D eigenvalue weighted by molar-refractivity contribution is 5.35. The van der Waals surface area contributed by atoms with Crippen molar-refractivity contribution in [1.29, 1.82) is 0 Å². The van der Waals surface area contributed by atoms with Gasteiger partial charge in [0.15, 0.2) is 0 Å². The maximum Gasteiger partial charge on any atom is 0.125 e. The van der Waals surface area contributed by atoms with Gasteiger partial charge in [0.1, 0.15) is 5.82 Å². The third-order valence-corrected chi connectivity index (χ3v) is 3.65. The quantitative estimate of drug-likeness (QED) is 0.866. The van der Waals surface area contributed by atoms with E-state index in [1.807, 2.05) is 6.20 Å². The number of rotatable bonds is 4. The molecule has 2 rings (SSSR count). The fourth-order valence-corrected chi connectivity index (χ4v) is 2.44. The van der Waals surface area contributed by atoms with E-state index in [9.17, 15) is 0 Å². The van der Waals surface area contributed by atoms with Gasteiger partial charge >= 0.3 is 0 Å². The van der Waals surface area contributed by atoms with E-state index in [1.54, 1.807) is 0 Å². The normalized spacial score (nSPS) is 25.1. The first-order chi connectivity index (χ1) is 8.19. The molecule has 1 aromatic heterocycles. The number of aromatic nitrogens is 1. The number of hydrogen-bond donors (Lipinski definition) is 1. The van der Waals surface area contributed by atoms with Crippen molar-refractivity contribution in [1.82, 2.24) is 9.88 Å². The van der Waals surface area contributed by atoms with E-state index in [4.69, 9.17) is 0 Å². The van der Waals surface area contributed by atoms with Gasteiger partial charge in [0.25, 0.3) is 0 Å². The summed E-state index contributed by atoms with van der Waals surface area (Å²) >= 11 is 0. The van der Waals surface area contributed by atoms with Gasteiger partial charge in [0.2, 0.25) is 0 Å². The van der Waals surface area contributed by atoms with Crippen LogP contribution < -0.4 is 5.32 Å². The predicted molar refractivity (Wildman–Crippen MR) is 72.0 cm³/mol. The van der Waals surface area contributed by atoms with Gasteiger partial charge in [-0.15, -0.1) is 0 Å². The van der Waals surface area contributed by atoms with Crippen molar-refractivity contribution in [2.24, 2.45) is 11.8 Å². The minimum atomic E-state index is 0.823. The maximum atomic E-state index is 4.41. The number of nitrogens with zero attached hydrogens (tertiary/aromatic N) is 2. The summed E-state index contributed by atoms with van der Waals surface area (Å²) in [5, 5.41) is 3.22. The summed E-state index contributed by atoms with van der Waals surface area (Å²) in [6.45, 7) is 11.2. The molecule has 17 heavy (non-hydrogen) atoms. The first-order valence-electron chi connectivity index (χ1n) is 6.60. The average molecular weight is 233 g/mol. The second-order valence-electron chi connectivity index (χ2n) is 5.23. The number of pyridine rings is 1. The monoisotopic (exact) mass is 233 g/mol. The van der Waals surface area contributed by atoms with Crippen LogP contribution in [-0.2, 0) is 6.54 Å². The molecule has 0 bridgehead atoms. The summed E-state index contributed by atoms with van der Waals surface area (Å²) in [6.07, 6.45) is 1.99. The Morgan fingerprint density at radius 3 is 2.53 bits per heavy atom. The Morgan fingerprint density at radius 2 is 2.00 bits per heavy atom. The highest BCUT2D eigenvalue weighted by atomic mass is 15.1. The van der Waals surface area contributed by atoms with Crippen LogP contribution in [0.25, 0.3) is 0 Å². The highest BCUT2D eigenvalue weighted by Crippen LogP contribution is 2.23. The molecule has 3 nitrogen and oxygen atoms in total. The second-order valence-corrected chi connectivity index (χ2v) is 5.23. The third-order valence-electron chi connectivity index (χ3n) is 3.65. The van der Waals surface area contributed by atoms with Gasteiger partial charge in [-0.2, -0.15) is 0 Å². The molecule has 1 aliphatic rings. The molecule has 1 saturated heterocycles. The van der Waals surface area contributed by atoms with E-state index in [0.717, 1.165) is 30.7 Å². The summed E-state index contributed by atoms with van der Waals surface area (Å²) in [6, 6.07) is 4.25. The van der Waals surface area contributed by atoms with Crippen molar-refractivity contribution >= 4 is 5.82 Å². The zero-order chi connectivity index (χ0) is 12.3. The van der Waals surface area contributed by atoms with Crippen LogP contribution >= 0.6 is 0 Å². The van der Waals surface area contributed by atoms with Gasteiger partial charge in [-0.3, -0.25) is 4.90 Å². The van der Waals surface area contributed by atoms with Crippen molar-refractivity contribution in [3.63, 3.8) is 0 Å². The maximum absolute atomic E-state index is 4.41. The molecule has 94 valence electrons. The third kappa shape index (κ3) is 3.19. The summed E-state index contributed by atoms with van der Waals surface area (Å²) in [5.74, 6) is 2.62. The SMILES string of the molecule is CCNc1ccc(CN2CC(C)C(C)C2)cn1. The molecule has 0 saturated carbocycles. The Hall–Kier alpha value is -1.09. The zero-order valence-corrected chi connectivity index (χ0v) is 11.1. The Balaban J connectivity index is 1.91. The Bertz CT molecular complexity index is 337. The van der Waals surface area contributed by atoms with Crippen LogP contribution in [-0.4, -0.2) is 29.5 Å². The molecule has 0 aliphatic carbocycles. The van der Waals surface area contributed by atoms with Gasteiger partial charge in [-0.05, 0) is 30.4 Å². The highest BCUT2D eigenvalue weighted by Gasteiger charge is 2.25. The smallest absolute Gasteiger partial charge is 0.125 e. The standard InChI is InChI=1S/C14H23N3/c1-4-15-14-6-5-13(7-16-14)10-17-8-11(2)12(3)9-17/h5-7,11-12H,4,8-10H2,1-3H3,(H,15,16). The lowest BCUT2D eigenvalue weighted by Crippen LogP contribution is -2.20. The Labute approximate surface area is 104 Å². The van der Waals surface area contributed by atoms with Gasteiger partial charge in [0, 0.05) is 32.4 Å². The molecule has 1 N–H and O–H groups in total. The van der Waals surface area contributed by atoms with Gasteiger partial charge in [-0.1, -0.05) is 19.9 Å². The van der Waals surface area contributed by atoms with Crippen LogP contribution in [0.3, 0.4) is 0 Å². The number of hydrogen-bond acceptors (Lipinski definition) is 3. The molecule has 0 amide bonds. The van der Waals surface area contributed by atoms with Gasteiger partial charge < -0.3 is 5.32 Å². The lowest BCUT2D eigenvalue weighted by Gasteiger charge is -2.15. The molecule has 2 unspecified atom stereocenters. The average Bonchev–Trinajstić information content (AvgIpc) is 2.61. The molecule has 0 aromatic carbocycles. The largest absolute Gasteiger partial charge is 0.370 e. The van der Waals surface area contributed by atoms with Crippen molar-refractivity contribution in [3.8, 4) is 0 Å². The molecular weight excluding hydrogens is 210 g/mol. The van der Waals surface area contributed by atoms with E-state index in [-0.39, 0.29) is 0 Å². The number of likely N-dealkylation sites (tertiary alicyclic amines) is 1. The van der Waals surface area contributed by atoms with Crippen LogP contribution in [0.5, 0.6) is 0 Å².